The standard InChI is InChI=1S/C14H20ClN5OS/c1-2-17-14(18-6-8-20-7-5-16-10-20)19-9-11(21)12-3-4-13(15)22-12/h3-5,7,10-11,21H,2,6,8-9H2,1H3,(H2,17,18,19). The highest BCUT2D eigenvalue weighted by Gasteiger charge is 2.10. The van der Waals surface area contributed by atoms with E-state index in [1.54, 1.807) is 18.6 Å². The first-order valence-electron chi connectivity index (χ1n) is 7.10. The Bertz CT molecular complexity index is 584. The third-order valence-electron chi connectivity index (χ3n) is 2.91. The summed E-state index contributed by atoms with van der Waals surface area (Å²) in [6.45, 7) is 4.58. The average molecular weight is 342 g/mol. The highest BCUT2D eigenvalue weighted by Crippen LogP contribution is 2.26. The van der Waals surface area contributed by atoms with E-state index in [1.807, 2.05) is 23.8 Å². The molecule has 0 fully saturated rings. The number of halogens is 1. The zero-order chi connectivity index (χ0) is 15.8. The van der Waals surface area contributed by atoms with Crippen molar-refractivity contribution < 1.29 is 5.11 Å². The molecule has 22 heavy (non-hydrogen) atoms. The van der Waals surface area contributed by atoms with E-state index in [0.29, 0.717) is 10.3 Å². The van der Waals surface area contributed by atoms with Gasteiger partial charge < -0.3 is 20.3 Å². The second-order valence-electron chi connectivity index (χ2n) is 4.60. The molecule has 0 bridgehead atoms. The molecule has 0 radical (unpaired) electrons. The maximum Gasteiger partial charge on any atom is 0.191 e. The fourth-order valence-corrected chi connectivity index (χ4v) is 2.88. The minimum absolute atomic E-state index is 0.289. The van der Waals surface area contributed by atoms with Crippen molar-refractivity contribution >= 4 is 28.9 Å². The van der Waals surface area contributed by atoms with E-state index < -0.39 is 6.10 Å². The van der Waals surface area contributed by atoms with Gasteiger partial charge in [-0.25, -0.2) is 4.98 Å². The van der Waals surface area contributed by atoms with Crippen LogP contribution in [0.4, 0.5) is 0 Å². The summed E-state index contributed by atoms with van der Waals surface area (Å²) in [5.74, 6) is 0.685. The van der Waals surface area contributed by atoms with E-state index in [9.17, 15) is 5.11 Å². The number of thiophene rings is 1. The number of aliphatic hydroxyl groups excluding tert-OH is 1. The van der Waals surface area contributed by atoms with Crippen molar-refractivity contribution in [2.45, 2.75) is 19.6 Å². The summed E-state index contributed by atoms with van der Waals surface area (Å²) in [4.78, 5) is 9.22. The van der Waals surface area contributed by atoms with Crippen molar-refractivity contribution in [3.05, 3.63) is 40.1 Å². The van der Waals surface area contributed by atoms with E-state index in [-0.39, 0.29) is 6.54 Å². The Balaban J connectivity index is 1.83. The van der Waals surface area contributed by atoms with Crippen LogP contribution in [0.1, 0.15) is 17.9 Å². The molecular weight excluding hydrogens is 322 g/mol. The van der Waals surface area contributed by atoms with Crippen LogP contribution < -0.4 is 10.6 Å². The maximum atomic E-state index is 10.1. The highest BCUT2D eigenvalue weighted by molar-refractivity contribution is 7.16. The number of imidazole rings is 1. The topological polar surface area (TPSA) is 74.5 Å². The van der Waals surface area contributed by atoms with Gasteiger partial charge >= 0.3 is 0 Å². The van der Waals surface area contributed by atoms with Gasteiger partial charge in [-0.15, -0.1) is 11.3 Å². The summed E-state index contributed by atoms with van der Waals surface area (Å²) in [6, 6.07) is 3.61. The summed E-state index contributed by atoms with van der Waals surface area (Å²) in [5.41, 5.74) is 0. The van der Waals surface area contributed by atoms with Crippen LogP contribution >= 0.6 is 22.9 Å². The predicted molar refractivity (Wildman–Crippen MR) is 90.5 cm³/mol. The number of hydrogen-bond acceptors (Lipinski definition) is 4. The molecule has 1 unspecified atom stereocenters. The molecule has 2 heterocycles. The second-order valence-corrected chi connectivity index (χ2v) is 6.35. The van der Waals surface area contributed by atoms with Crippen LogP contribution in [0.15, 0.2) is 35.8 Å². The lowest BCUT2D eigenvalue weighted by atomic mass is 10.3. The van der Waals surface area contributed by atoms with Gasteiger partial charge in [0.05, 0.1) is 17.2 Å². The number of guanidine groups is 1. The number of aliphatic hydroxyl groups is 1. The van der Waals surface area contributed by atoms with E-state index in [1.165, 1.54) is 11.3 Å². The van der Waals surface area contributed by atoms with Crippen molar-refractivity contribution in [1.29, 1.82) is 0 Å². The number of hydrogen-bond donors (Lipinski definition) is 3. The molecule has 0 saturated carbocycles. The molecule has 0 amide bonds. The summed E-state index contributed by atoms with van der Waals surface area (Å²) >= 11 is 7.25. The van der Waals surface area contributed by atoms with E-state index >= 15 is 0 Å². The molecule has 1 atom stereocenters. The fraction of sp³-hybridized carbons (Fsp3) is 0.429. The number of rotatable bonds is 7. The van der Waals surface area contributed by atoms with Crippen LogP contribution in [0.5, 0.6) is 0 Å². The van der Waals surface area contributed by atoms with Gasteiger partial charge in [-0.05, 0) is 19.1 Å². The van der Waals surface area contributed by atoms with Gasteiger partial charge in [-0.2, -0.15) is 0 Å². The van der Waals surface area contributed by atoms with Crippen molar-refractivity contribution in [1.82, 2.24) is 20.2 Å². The zero-order valence-electron chi connectivity index (χ0n) is 12.4. The van der Waals surface area contributed by atoms with Crippen LogP contribution in [-0.2, 0) is 6.54 Å². The van der Waals surface area contributed by atoms with E-state index in [4.69, 9.17) is 11.6 Å². The quantitative estimate of drug-likeness (QED) is 0.531. The smallest absolute Gasteiger partial charge is 0.191 e. The molecule has 2 rings (SSSR count). The Morgan fingerprint density at radius 2 is 2.36 bits per heavy atom. The van der Waals surface area contributed by atoms with Gasteiger partial charge in [0, 0.05) is 36.9 Å². The third-order valence-corrected chi connectivity index (χ3v) is 4.24. The van der Waals surface area contributed by atoms with Crippen LogP contribution in [-0.4, -0.2) is 40.3 Å². The number of nitrogens with zero attached hydrogens (tertiary/aromatic N) is 3. The molecule has 0 aliphatic carbocycles. The molecule has 120 valence electrons. The van der Waals surface area contributed by atoms with E-state index in [2.05, 4.69) is 20.6 Å². The van der Waals surface area contributed by atoms with Crippen LogP contribution in [0, 0.1) is 0 Å². The Morgan fingerprint density at radius 1 is 1.50 bits per heavy atom. The minimum Gasteiger partial charge on any atom is -0.386 e. The van der Waals surface area contributed by atoms with Crippen molar-refractivity contribution in [2.75, 3.05) is 19.6 Å². The lowest BCUT2D eigenvalue weighted by Gasteiger charge is -2.12. The predicted octanol–water partition coefficient (Wildman–Crippen LogP) is 1.89. The molecule has 3 N–H and O–H groups in total. The summed E-state index contributed by atoms with van der Waals surface area (Å²) < 4.78 is 2.65. The van der Waals surface area contributed by atoms with Crippen LogP contribution in [0.25, 0.3) is 0 Å². The number of aliphatic imine (C=N–C) groups is 1. The highest BCUT2D eigenvalue weighted by atomic mass is 35.5. The van der Waals surface area contributed by atoms with Gasteiger partial charge in [0.25, 0.3) is 0 Å². The zero-order valence-corrected chi connectivity index (χ0v) is 13.9. The van der Waals surface area contributed by atoms with Crippen molar-refractivity contribution in [3.63, 3.8) is 0 Å². The monoisotopic (exact) mass is 341 g/mol. The molecule has 8 heteroatoms. The summed E-state index contributed by atoms with van der Waals surface area (Å²) in [7, 11) is 0. The number of nitrogens with one attached hydrogen (secondary N) is 2. The maximum absolute atomic E-state index is 10.1. The Kier molecular flexibility index (Phi) is 6.70. The lowest BCUT2D eigenvalue weighted by molar-refractivity contribution is 0.191. The average Bonchev–Trinajstić information content (AvgIpc) is 3.16. The van der Waals surface area contributed by atoms with Gasteiger partial charge in [0.2, 0.25) is 0 Å². The van der Waals surface area contributed by atoms with Gasteiger partial charge in [0.15, 0.2) is 5.96 Å². The summed E-state index contributed by atoms with van der Waals surface area (Å²) in [6.07, 6.45) is 4.80. The summed E-state index contributed by atoms with van der Waals surface area (Å²) in [5, 5.41) is 16.5. The van der Waals surface area contributed by atoms with Gasteiger partial charge in [-0.1, -0.05) is 11.6 Å². The van der Waals surface area contributed by atoms with Crippen LogP contribution in [0.2, 0.25) is 4.34 Å². The molecular formula is C14H20ClN5OS. The number of aromatic nitrogens is 2. The van der Waals surface area contributed by atoms with Crippen molar-refractivity contribution in [3.8, 4) is 0 Å². The molecule has 0 saturated heterocycles. The fourth-order valence-electron chi connectivity index (χ4n) is 1.84. The Morgan fingerprint density at radius 3 is 3.00 bits per heavy atom. The normalized spacial score (nSPS) is 13.1. The van der Waals surface area contributed by atoms with Crippen LogP contribution in [0.3, 0.4) is 0 Å². The molecule has 0 aliphatic rings. The molecule has 2 aromatic heterocycles. The lowest BCUT2D eigenvalue weighted by Crippen LogP contribution is -2.39. The Hall–Kier alpha value is -1.57. The molecule has 0 spiro atoms. The first-order chi connectivity index (χ1) is 10.7. The van der Waals surface area contributed by atoms with Crippen molar-refractivity contribution in [2.24, 2.45) is 4.99 Å². The Labute approximate surface area is 138 Å². The first kappa shape index (κ1) is 16.8. The minimum atomic E-state index is -0.637. The van der Waals surface area contributed by atoms with Gasteiger partial charge in [0.1, 0.15) is 6.10 Å². The SMILES string of the molecule is CCNC(=NCC(O)c1ccc(Cl)s1)NCCn1ccnc1. The molecule has 2 aromatic rings. The van der Waals surface area contributed by atoms with Gasteiger partial charge in [-0.3, -0.25) is 4.99 Å². The molecule has 0 aromatic carbocycles. The molecule has 6 nitrogen and oxygen atoms in total. The largest absolute Gasteiger partial charge is 0.386 e. The first-order valence-corrected chi connectivity index (χ1v) is 8.29. The molecule has 0 aliphatic heterocycles. The van der Waals surface area contributed by atoms with E-state index in [0.717, 1.165) is 24.5 Å². The second kappa shape index (κ2) is 8.77. The third kappa shape index (κ3) is 5.32.